The van der Waals surface area contributed by atoms with E-state index in [2.05, 4.69) is 15.5 Å². The molecule has 2 unspecified atom stereocenters. The highest BCUT2D eigenvalue weighted by Gasteiger charge is 2.35. The molecule has 3 rings (SSSR count). The number of nitrogens with zero attached hydrogens (tertiary/aromatic N) is 2. The van der Waals surface area contributed by atoms with E-state index in [1.165, 1.54) is 4.90 Å². The van der Waals surface area contributed by atoms with Gasteiger partial charge in [0.1, 0.15) is 18.7 Å². The molecule has 8 nitrogen and oxygen atoms in total. The van der Waals surface area contributed by atoms with E-state index in [4.69, 9.17) is 4.74 Å². The topological polar surface area (TPSA) is 91.0 Å². The van der Waals surface area contributed by atoms with Gasteiger partial charge in [-0.2, -0.15) is 0 Å². The highest BCUT2D eigenvalue weighted by molar-refractivity contribution is 5.99. The third-order valence-corrected chi connectivity index (χ3v) is 5.61. The molecule has 2 aliphatic rings. The Bertz CT molecular complexity index is 776. The molecule has 1 aromatic carbocycles. The third-order valence-electron chi connectivity index (χ3n) is 5.61. The van der Waals surface area contributed by atoms with Gasteiger partial charge >= 0.3 is 0 Å². The van der Waals surface area contributed by atoms with E-state index in [0.29, 0.717) is 12.0 Å². The Kier molecular flexibility index (Phi) is 7.44. The fourth-order valence-electron chi connectivity index (χ4n) is 3.89. The van der Waals surface area contributed by atoms with E-state index in [-0.39, 0.29) is 36.7 Å². The molecule has 1 aromatic rings. The number of piperazine rings is 1. The van der Waals surface area contributed by atoms with Crippen LogP contribution in [0.25, 0.3) is 0 Å². The van der Waals surface area contributed by atoms with Crippen LogP contribution in [0.3, 0.4) is 0 Å². The van der Waals surface area contributed by atoms with Crippen molar-refractivity contribution in [3.63, 3.8) is 0 Å². The highest BCUT2D eigenvalue weighted by atomic mass is 16.5. The van der Waals surface area contributed by atoms with Gasteiger partial charge in [0.15, 0.2) is 5.78 Å². The minimum atomic E-state index is -0.696. The number of anilines is 1. The molecule has 164 valence electrons. The maximum Gasteiger partial charge on any atom is 0.252 e. The molecule has 2 heterocycles. The van der Waals surface area contributed by atoms with Crippen molar-refractivity contribution in [2.75, 3.05) is 51.3 Å². The second-order valence-electron chi connectivity index (χ2n) is 8.39. The zero-order valence-corrected chi connectivity index (χ0v) is 18.0. The van der Waals surface area contributed by atoms with Crippen molar-refractivity contribution >= 4 is 23.3 Å². The van der Waals surface area contributed by atoms with Crippen molar-refractivity contribution in [3.8, 4) is 0 Å². The third kappa shape index (κ3) is 5.37. The van der Waals surface area contributed by atoms with Crippen LogP contribution in [0.1, 0.15) is 30.6 Å². The Labute approximate surface area is 177 Å². The average molecular weight is 417 g/mol. The van der Waals surface area contributed by atoms with Crippen LogP contribution in [0.2, 0.25) is 0 Å². The van der Waals surface area contributed by atoms with Gasteiger partial charge < -0.3 is 25.2 Å². The number of likely N-dealkylation sites (N-methyl/N-ethyl adjacent to an activating group) is 1. The quantitative estimate of drug-likeness (QED) is 0.679. The second kappa shape index (κ2) is 10.0. The molecule has 2 saturated heterocycles. The van der Waals surface area contributed by atoms with Crippen molar-refractivity contribution in [2.45, 2.75) is 32.4 Å². The van der Waals surface area contributed by atoms with Crippen molar-refractivity contribution in [1.82, 2.24) is 15.5 Å². The van der Waals surface area contributed by atoms with Crippen molar-refractivity contribution in [1.29, 1.82) is 0 Å². The number of hydrogen-bond donors (Lipinski definition) is 2. The summed E-state index contributed by atoms with van der Waals surface area (Å²) in [5.41, 5.74) is 1.53. The zero-order chi connectivity index (χ0) is 21.7. The Morgan fingerprint density at radius 3 is 2.67 bits per heavy atom. The monoisotopic (exact) mass is 416 g/mol. The predicted octanol–water partition coefficient (Wildman–Crippen LogP) is 0.667. The van der Waals surface area contributed by atoms with E-state index in [9.17, 15) is 14.4 Å². The fourth-order valence-corrected chi connectivity index (χ4v) is 3.89. The molecule has 2 amide bonds. The number of hydrogen-bond acceptors (Lipinski definition) is 6. The summed E-state index contributed by atoms with van der Waals surface area (Å²) in [6.45, 7) is 7.85. The number of benzene rings is 1. The largest absolute Gasteiger partial charge is 0.371 e. The molecular formula is C22H32N4O4. The molecule has 2 fully saturated rings. The molecule has 0 radical (unpaired) electrons. The lowest BCUT2D eigenvalue weighted by molar-refractivity contribution is -0.138. The average Bonchev–Trinajstić information content (AvgIpc) is 3.18. The van der Waals surface area contributed by atoms with Crippen LogP contribution in [0.15, 0.2) is 24.3 Å². The summed E-state index contributed by atoms with van der Waals surface area (Å²) in [4.78, 5) is 41.7. The highest BCUT2D eigenvalue weighted by Crippen LogP contribution is 2.18. The van der Waals surface area contributed by atoms with Crippen molar-refractivity contribution < 1.29 is 19.1 Å². The molecule has 0 saturated carbocycles. The summed E-state index contributed by atoms with van der Waals surface area (Å²) in [5.74, 6) is -0.452. The van der Waals surface area contributed by atoms with Gasteiger partial charge in [-0.05, 0) is 30.5 Å². The zero-order valence-electron chi connectivity index (χ0n) is 18.0. The smallest absolute Gasteiger partial charge is 0.252 e. The Morgan fingerprint density at radius 2 is 2.03 bits per heavy atom. The summed E-state index contributed by atoms with van der Waals surface area (Å²) in [6, 6.07) is 6.22. The lowest BCUT2D eigenvalue weighted by Gasteiger charge is -2.30. The molecule has 30 heavy (non-hydrogen) atoms. The number of carbonyl (C=O) groups is 3. The van der Waals surface area contributed by atoms with Crippen LogP contribution in [-0.4, -0.2) is 81.0 Å². The van der Waals surface area contributed by atoms with Crippen LogP contribution in [0.5, 0.6) is 0 Å². The standard InChI is InChI=1S/C22H32N4O4/c1-15(2)11-18(22(29)25(3)19-13-30-14-20(19)27)24-21(28)16-5-4-6-17(12-16)26-9-7-23-8-10-26/h4-6,12,15,18-19,23H,7-11,13-14H2,1-3H3,(H,24,28). The summed E-state index contributed by atoms with van der Waals surface area (Å²) < 4.78 is 5.18. The van der Waals surface area contributed by atoms with E-state index < -0.39 is 12.1 Å². The molecule has 2 aliphatic heterocycles. The van der Waals surface area contributed by atoms with Crippen LogP contribution in [0, 0.1) is 5.92 Å². The molecule has 8 heteroatoms. The molecular weight excluding hydrogens is 384 g/mol. The number of ketones is 1. The number of ether oxygens (including phenoxy) is 1. The molecule has 0 aromatic heterocycles. The van der Waals surface area contributed by atoms with Gasteiger partial charge in [-0.15, -0.1) is 0 Å². The SMILES string of the molecule is CC(C)CC(NC(=O)c1cccc(N2CCNCC2)c1)C(=O)N(C)C1COCC1=O. The second-order valence-corrected chi connectivity index (χ2v) is 8.39. The van der Waals surface area contributed by atoms with E-state index in [0.717, 1.165) is 31.9 Å². The van der Waals surface area contributed by atoms with Gasteiger partial charge in [0.2, 0.25) is 5.91 Å². The molecule has 0 spiro atoms. The van der Waals surface area contributed by atoms with Crippen molar-refractivity contribution in [3.05, 3.63) is 29.8 Å². The number of rotatable bonds is 7. The first-order chi connectivity index (χ1) is 14.4. The van der Waals surface area contributed by atoms with Gasteiger partial charge in [-0.1, -0.05) is 19.9 Å². The number of nitrogens with one attached hydrogen (secondary N) is 2. The molecule has 0 bridgehead atoms. The van der Waals surface area contributed by atoms with Crippen LogP contribution < -0.4 is 15.5 Å². The van der Waals surface area contributed by atoms with Gasteiger partial charge in [-0.25, -0.2) is 0 Å². The van der Waals surface area contributed by atoms with Gasteiger partial charge in [0.05, 0.1) is 6.61 Å². The maximum atomic E-state index is 13.1. The maximum absolute atomic E-state index is 13.1. The predicted molar refractivity (Wildman–Crippen MR) is 115 cm³/mol. The van der Waals surface area contributed by atoms with Crippen molar-refractivity contribution in [2.24, 2.45) is 5.92 Å². The lowest BCUT2D eigenvalue weighted by atomic mass is 10.0. The first-order valence-electron chi connectivity index (χ1n) is 10.6. The minimum absolute atomic E-state index is 0.0301. The van der Waals surface area contributed by atoms with Crippen LogP contribution >= 0.6 is 0 Å². The van der Waals surface area contributed by atoms with Gasteiger partial charge in [0, 0.05) is 44.5 Å². The van der Waals surface area contributed by atoms with Gasteiger partial charge in [0.25, 0.3) is 5.91 Å². The Morgan fingerprint density at radius 1 is 1.30 bits per heavy atom. The van der Waals surface area contributed by atoms with E-state index >= 15 is 0 Å². The first kappa shape index (κ1) is 22.2. The lowest BCUT2D eigenvalue weighted by Crippen LogP contribution is -2.52. The van der Waals surface area contributed by atoms with E-state index in [1.807, 2.05) is 32.0 Å². The summed E-state index contributed by atoms with van der Waals surface area (Å²) in [6.07, 6.45) is 0.494. The normalized spacial score (nSPS) is 20.3. The summed E-state index contributed by atoms with van der Waals surface area (Å²) >= 11 is 0. The fraction of sp³-hybridized carbons (Fsp3) is 0.591. The summed E-state index contributed by atoms with van der Waals surface area (Å²) in [7, 11) is 1.60. The number of Topliss-reactive ketones (excluding diaryl/α,β-unsaturated/α-hetero) is 1. The summed E-state index contributed by atoms with van der Waals surface area (Å²) in [5, 5.41) is 6.22. The van der Waals surface area contributed by atoms with Crippen LogP contribution in [0.4, 0.5) is 5.69 Å². The van der Waals surface area contributed by atoms with E-state index in [1.54, 1.807) is 13.1 Å². The Balaban J connectivity index is 1.72. The minimum Gasteiger partial charge on any atom is -0.371 e. The molecule has 2 atom stereocenters. The Hall–Kier alpha value is -2.45. The first-order valence-corrected chi connectivity index (χ1v) is 10.6. The number of carbonyl (C=O) groups excluding carboxylic acids is 3. The van der Waals surface area contributed by atoms with Crippen LogP contribution in [-0.2, 0) is 14.3 Å². The molecule has 0 aliphatic carbocycles. The molecule has 2 N–H and O–H groups in total. The number of amides is 2. The van der Waals surface area contributed by atoms with Gasteiger partial charge in [-0.3, -0.25) is 14.4 Å².